The minimum absolute atomic E-state index is 0.446. The van der Waals surface area contributed by atoms with Crippen molar-refractivity contribution in [3.8, 4) is 0 Å². The lowest BCUT2D eigenvalue weighted by Gasteiger charge is -2.18. The molecule has 0 saturated heterocycles. The fourth-order valence-electron chi connectivity index (χ4n) is 2.18. The summed E-state index contributed by atoms with van der Waals surface area (Å²) in [5, 5.41) is 12.6. The fraction of sp³-hybridized carbons (Fsp3) is 0.143. The van der Waals surface area contributed by atoms with Crippen LogP contribution >= 0.6 is 31.1 Å². The summed E-state index contributed by atoms with van der Waals surface area (Å²) in [6.45, 7) is 1.53. The third kappa shape index (κ3) is 6.45. The molecule has 1 atom stereocenters. The monoisotopic (exact) mass is 390 g/mol. The summed E-state index contributed by atoms with van der Waals surface area (Å²) in [6, 6.07) is 32.3. The van der Waals surface area contributed by atoms with Gasteiger partial charge in [-0.15, -0.1) is 23.2 Å². The standard InChI is InChI=1S/C18H15P.C3H6Cl2O/c1-4-10-16(11-5-1)19(17-12-6-2-7-13-17)18-14-8-3-9-15-18;1-2(6)3(4)5/h1-15H;2-3,6H,1H3. The number of rotatable bonds is 4. The van der Waals surface area contributed by atoms with E-state index in [1.807, 2.05) is 0 Å². The van der Waals surface area contributed by atoms with Crippen LogP contribution in [-0.2, 0) is 0 Å². The lowest BCUT2D eigenvalue weighted by molar-refractivity contribution is 0.209. The number of benzene rings is 3. The molecule has 0 aliphatic rings. The maximum absolute atomic E-state index is 8.37. The molecule has 1 N–H and O–H groups in total. The van der Waals surface area contributed by atoms with Crippen molar-refractivity contribution in [2.45, 2.75) is 17.9 Å². The van der Waals surface area contributed by atoms with Gasteiger partial charge < -0.3 is 5.11 Å². The Bertz CT molecular complexity index is 619. The molecule has 0 heterocycles. The van der Waals surface area contributed by atoms with Crippen LogP contribution in [0.5, 0.6) is 0 Å². The Morgan fingerprint density at radius 1 is 0.640 bits per heavy atom. The summed E-state index contributed by atoms with van der Waals surface area (Å²) in [4.78, 5) is -0.648. The summed E-state index contributed by atoms with van der Waals surface area (Å²) < 4.78 is 0. The average Bonchev–Trinajstić information content (AvgIpc) is 2.65. The highest BCUT2D eigenvalue weighted by molar-refractivity contribution is 7.79. The SMILES string of the molecule is CC(O)C(Cl)Cl.c1ccc(P(c2ccccc2)c2ccccc2)cc1. The average molecular weight is 391 g/mol. The molecule has 0 radical (unpaired) electrons. The summed E-state index contributed by atoms with van der Waals surface area (Å²) in [7, 11) is -0.446. The molecular weight excluding hydrogens is 370 g/mol. The zero-order valence-corrected chi connectivity index (χ0v) is 16.4. The van der Waals surface area contributed by atoms with Gasteiger partial charge in [0, 0.05) is 0 Å². The predicted molar refractivity (Wildman–Crippen MR) is 112 cm³/mol. The van der Waals surface area contributed by atoms with Gasteiger partial charge in [0.05, 0.1) is 6.10 Å². The van der Waals surface area contributed by atoms with Gasteiger partial charge in [0.25, 0.3) is 0 Å². The summed E-state index contributed by atoms with van der Waals surface area (Å²) in [5.41, 5.74) is 0. The molecule has 3 aromatic rings. The van der Waals surface area contributed by atoms with E-state index in [-0.39, 0.29) is 0 Å². The van der Waals surface area contributed by atoms with Crippen molar-refractivity contribution in [1.29, 1.82) is 0 Å². The van der Waals surface area contributed by atoms with E-state index in [0.717, 1.165) is 0 Å². The van der Waals surface area contributed by atoms with Crippen molar-refractivity contribution in [1.82, 2.24) is 0 Å². The molecule has 3 aromatic carbocycles. The van der Waals surface area contributed by atoms with Gasteiger partial charge in [-0.2, -0.15) is 0 Å². The first kappa shape index (κ1) is 19.9. The van der Waals surface area contributed by atoms with Gasteiger partial charge in [0.1, 0.15) is 4.84 Å². The van der Waals surface area contributed by atoms with Crippen LogP contribution in [0, 0.1) is 0 Å². The minimum atomic E-state index is -0.648. The van der Waals surface area contributed by atoms with Crippen LogP contribution in [0.25, 0.3) is 0 Å². The van der Waals surface area contributed by atoms with Gasteiger partial charge in [0.15, 0.2) is 0 Å². The van der Waals surface area contributed by atoms with Crippen molar-refractivity contribution in [3.05, 3.63) is 91.0 Å². The maximum Gasteiger partial charge on any atom is 0.133 e. The van der Waals surface area contributed by atoms with Crippen LogP contribution in [0.4, 0.5) is 0 Å². The van der Waals surface area contributed by atoms with Crippen LogP contribution in [-0.4, -0.2) is 16.0 Å². The zero-order chi connectivity index (χ0) is 18.1. The number of halogens is 2. The number of alkyl halides is 2. The van der Waals surface area contributed by atoms with E-state index in [4.69, 9.17) is 28.3 Å². The smallest absolute Gasteiger partial charge is 0.133 e. The van der Waals surface area contributed by atoms with Crippen molar-refractivity contribution >= 4 is 47.0 Å². The number of aliphatic hydroxyl groups is 1. The van der Waals surface area contributed by atoms with Crippen LogP contribution in [0.2, 0.25) is 0 Å². The van der Waals surface area contributed by atoms with Gasteiger partial charge in [-0.1, -0.05) is 91.0 Å². The number of hydrogen-bond acceptors (Lipinski definition) is 1. The topological polar surface area (TPSA) is 20.2 Å². The van der Waals surface area contributed by atoms with Crippen molar-refractivity contribution < 1.29 is 5.11 Å². The quantitative estimate of drug-likeness (QED) is 0.509. The summed E-state index contributed by atoms with van der Waals surface area (Å²) in [5.74, 6) is 0. The van der Waals surface area contributed by atoms with E-state index in [2.05, 4.69) is 91.0 Å². The van der Waals surface area contributed by atoms with Crippen LogP contribution in [0.1, 0.15) is 6.92 Å². The first-order chi connectivity index (χ1) is 12.1. The molecule has 0 aliphatic carbocycles. The molecule has 1 unspecified atom stereocenters. The van der Waals surface area contributed by atoms with Gasteiger partial charge in [-0.3, -0.25) is 0 Å². The number of aliphatic hydroxyl groups excluding tert-OH is 1. The Morgan fingerprint density at radius 2 is 0.880 bits per heavy atom. The Kier molecular flexibility index (Phi) is 8.44. The first-order valence-corrected chi connectivity index (χ1v) is 10.2. The van der Waals surface area contributed by atoms with Gasteiger partial charge in [-0.05, 0) is 30.8 Å². The second-order valence-corrected chi connectivity index (χ2v) is 8.80. The molecule has 0 spiro atoms. The summed E-state index contributed by atoms with van der Waals surface area (Å²) >= 11 is 10.3. The Morgan fingerprint density at radius 3 is 1.08 bits per heavy atom. The molecule has 3 rings (SSSR count). The van der Waals surface area contributed by atoms with E-state index >= 15 is 0 Å². The van der Waals surface area contributed by atoms with Gasteiger partial charge >= 0.3 is 0 Å². The number of hydrogen-bond donors (Lipinski definition) is 1. The maximum atomic E-state index is 8.37. The highest BCUT2D eigenvalue weighted by Gasteiger charge is 2.14. The highest BCUT2D eigenvalue weighted by atomic mass is 35.5. The second-order valence-electron chi connectivity index (χ2n) is 5.42. The highest BCUT2D eigenvalue weighted by Crippen LogP contribution is 2.32. The van der Waals surface area contributed by atoms with Crippen LogP contribution in [0.3, 0.4) is 0 Å². The molecule has 0 saturated carbocycles. The van der Waals surface area contributed by atoms with E-state index < -0.39 is 18.9 Å². The minimum Gasteiger partial charge on any atom is -0.391 e. The van der Waals surface area contributed by atoms with Crippen LogP contribution in [0.15, 0.2) is 91.0 Å². The van der Waals surface area contributed by atoms with Crippen molar-refractivity contribution in [3.63, 3.8) is 0 Å². The Labute approximate surface area is 161 Å². The molecule has 4 heteroatoms. The molecule has 25 heavy (non-hydrogen) atoms. The molecular formula is C21H21Cl2OP. The first-order valence-electron chi connectivity index (χ1n) is 8.01. The molecule has 0 amide bonds. The lowest BCUT2D eigenvalue weighted by Crippen LogP contribution is -2.20. The molecule has 0 aliphatic heterocycles. The van der Waals surface area contributed by atoms with E-state index in [1.165, 1.54) is 22.8 Å². The normalized spacial score (nSPS) is 11.8. The summed E-state index contributed by atoms with van der Waals surface area (Å²) in [6.07, 6.45) is -0.617. The van der Waals surface area contributed by atoms with Crippen molar-refractivity contribution in [2.24, 2.45) is 0 Å². The molecule has 0 fully saturated rings. The van der Waals surface area contributed by atoms with Gasteiger partial charge in [0.2, 0.25) is 0 Å². The van der Waals surface area contributed by atoms with E-state index in [9.17, 15) is 0 Å². The second kappa shape index (κ2) is 10.6. The molecule has 0 bridgehead atoms. The van der Waals surface area contributed by atoms with E-state index in [1.54, 1.807) is 0 Å². The molecule has 130 valence electrons. The third-order valence-electron chi connectivity index (χ3n) is 3.41. The van der Waals surface area contributed by atoms with E-state index in [0.29, 0.717) is 0 Å². The Hall–Kier alpha value is -1.37. The lowest BCUT2D eigenvalue weighted by atomic mass is 10.4. The molecule has 0 aromatic heterocycles. The fourth-order valence-corrected chi connectivity index (χ4v) is 4.48. The van der Waals surface area contributed by atoms with Gasteiger partial charge in [-0.25, -0.2) is 0 Å². The molecule has 1 nitrogen and oxygen atoms in total. The third-order valence-corrected chi connectivity index (χ3v) is 6.58. The van der Waals surface area contributed by atoms with Crippen LogP contribution < -0.4 is 15.9 Å². The van der Waals surface area contributed by atoms with Crippen molar-refractivity contribution in [2.75, 3.05) is 0 Å². The Balaban J connectivity index is 0.000000326. The zero-order valence-electron chi connectivity index (χ0n) is 14.0. The predicted octanol–water partition coefficient (Wildman–Crippen LogP) is 4.62. The largest absolute Gasteiger partial charge is 0.391 e.